The van der Waals surface area contributed by atoms with E-state index >= 15 is 0 Å². The molecule has 1 saturated heterocycles. The molecule has 172 valence electrons. The molecular formula is C22H19N7O4S. The van der Waals surface area contributed by atoms with Gasteiger partial charge < -0.3 is 15.0 Å². The molecule has 1 fully saturated rings. The Bertz CT molecular complexity index is 1360. The lowest BCUT2D eigenvalue weighted by atomic mass is 10.1. The van der Waals surface area contributed by atoms with E-state index in [1.54, 1.807) is 28.8 Å². The molecule has 3 heterocycles. The van der Waals surface area contributed by atoms with E-state index in [2.05, 4.69) is 20.6 Å². The molecule has 0 bridgehead atoms. The van der Waals surface area contributed by atoms with E-state index in [1.165, 1.54) is 29.8 Å². The van der Waals surface area contributed by atoms with Crippen molar-refractivity contribution in [3.8, 4) is 10.6 Å². The van der Waals surface area contributed by atoms with Crippen LogP contribution in [0.3, 0.4) is 0 Å². The molecule has 4 aromatic rings. The van der Waals surface area contributed by atoms with E-state index in [0.717, 1.165) is 10.6 Å². The second-order valence-electron chi connectivity index (χ2n) is 7.47. The topological polar surface area (TPSA) is 128 Å². The van der Waals surface area contributed by atoms with E-state index < -0.39 is 4.92 Å². The van der Waals surface area contributed by atoms with Gasteiger partial charge in [-0.25, -0.2) is 0 Å². The predicted molar refractivity (Wildman–Crippen MR) is 128 cm³/mol. The van der Waals surface area contributed by atoms with Gasteiger partial charge in [-0.05, 0) is 29.8 Å². The number of fused-ring (bicyclic) bond motifs is 1. The quantitative estimate of drug-likeness (QED) is 0.255. The second kappa shape index (κ2) is 9.37. The van der Waals surface area contributed by atoms with Crippen LogP contribution >= 0.6 is 11.3 Å². The number of anilines is 2. The molecule has 5 rings (SSSR count). The van der Waals surface area contributed by atoms with Crippen molar-refractivity contribution in [2.75, 3.05) is 36.5 Å². The summed E-state index contributed by atoms with van der Waals surface area (Å²) in [6.07, 6.45) is 4.44. The Kier molecular flexibility index (Phi) is 5.97. The summed E-state index contributed by atoms with van der Waals surface area (Å²) >= 11 is 1.39. The average Bonchev–Trinajstić information content (AvgIpc) is 3.46. The van der Waals surface area contributed by atoms with Crippen LogP contribution in [0, 0.1) is 10.1 Å². The van der Waals surface area contributed by atoms with Crippen LogP contribution in [0.15, 0.2) is 54.9 Å². The number of morpholine rings is 1. The summed E-state index contributed by atoms with van der Waals surface area (Å²) < 4.78 is 6.92. The summed E-state index contributed by atoms with van der Waals surface area (Å²) in [5.74, 6) is -0.352. The van der Waals surface area contributed by atoms with Gasteiger partial charge in [0.1, 0.15) is 17.0 Å². The summed E-state index contributed by atoms with van der Waals surface area (Å²) in [5.41, 5.74) is 2.56. The minimum Gasteiger partial charge on any atom is -0.378 e. The number of carbonyl (C=O) groups is 1. The highest BCUT2D eigenvalue weighted by Gasteiger charge is 2.21. The van der Waals surface area contributed by atoms with Gasteiger partial charge in [-0.1, -0.05) is 29.5 Å². The Morgan fingerprint density at radius 2 is 2.06 bits per heavy atom. The van der Waals surface area contributed by atoms with Crippen molar-refractivity contribution in [3.63, 3.8) is 0 Å². The smallest absolute Gasteiger partial charge is 0.293 e. The summed E-state index contributed by atoms with van der Waals surface area (Å²) in [6, 6.07) is 12.3. The number of hydrogen-bond acceptors (Lipinski definition) is 9. The first-order valence-corrected chi connectivity index (χ1v) is 11.3. The summed E-state index contributed by atoms with van der Waals surface area (Å²) in [5, 5.41) is 27.4. The number of hydrogen-bond donors (Lipinski definition) is 1. The van der Waals surface area contributed by atoms with Crippen molar-refractivity contribution in [1.82, 2.24) is 19.8 Å². The van der Waals surface area contributed by atoms with E-state index in [4.69, 9.17) is 4.74 Å². The zero-order valence-corrected chi connectivity index (χ0v) is 18.6. The van der Waals surface area contributed by atoms with Gasteiger partial charge >= 0.3 is 0 Å². The summed E-state index contributed by atoms with van der Waals surface area (Å²) in [6.45, 7) is 2.27. The molecule has 0 spiro atoms. The third-order valence-corrected chi connectivity index (χ3v) is 6.20. The molecule has 0 saturated carbocycles. The molecule has 12 heteroatoms. The van der Waals surface area contributed by atoms with Crippen LogP contribution in [0.25, 0.3) is 21.6 Å². The van der Waals surface area contributed by atoms with Crippen molar-refractivity contribution >= 4 is 45.3 Å². The molecule has 1 aliphatic heterocycles. The number of nitrogens with zero attached hydrogens (tertiary/aromatic N) is 6. The second-order valence-corrected chi connectivity index (χ2v) is 8.43. The van der Waals surface area contributed by atoms with Crippen LogP contribution < -0.4 is 10.2 Å². The van der Waals surface area contributed by atoms with Crippen molar-refractivity contribution in [2.24, 2.45) is 0 Å². The fourth-order valence-corrected chi connectivity index (χ4v) is 4.44. The maximum atomic E-state index is 12.5. The number of nitrogens with one attached hydrogen (secondary N) is 1. The highest BCUT2D eigenvalue weighted by atomic mass is 32.1. The zero-order chi connectivity index (χ0) is 23.5. The molecule has 11 nitrogen and oxygen atoms in total. The van der Waals surface area contributed by atoms with Crippen LogP contribution in [0.1, 0.15) is 5.56 Å². The minimum absolute atomic E-state index is 0.00199. The van der Waals surface area contributed by atoms with Gasteiger partial charge in [0.15, 0.2) is 0 Å². The lowest BCUT2D eigenvalue weighted by Gasteiger charge is -2.28. The lowest BCUT2D eigenvalue weighted by molar-refractivity contribution is -0.384. The number of nitro groups is 1. The van der Waals surface area contributed by atoms with Crippen LogP contribution in [-0.4, -0.2) is 56.9 Å². The molecular weight excluding hydrogens is 458 g/mol. The summed E-state index contributed by atoms with van der Waals surface area (Å²) in [4.78, 5) is 26.3. The van der Waals surface area contributed by atoms with Crippen LogP contribution in [0.2, 0.25) is 0 Å². The molecule has 1 aliphatic rings. The molecule has 0 aliphatic carbocycles. The monoisotopic (exact) mass is 477 g/mol. The zero-order valence-electron chi connectivity index (χ0n) is 17.8. The van der Waals surface area contributed by atoms with Crippen molar-refractivity contribution in [2.45, 2.75) is 0 Å². The van der Waals surface area contributed by atoms with Crippen LogP contribution in [0.4, 0.5) is 17.1 Å². The molecule has 0 radical (unpaired) electrons. The molecule has 2 aromatic heterocycles. The Balaban J connectivity index is 1.29. The average molecular weight is 478 g/mol. The number of carbonyl (C=O) groups excluding carboxylic acids is 1. The number of rotatable bonds is 6. The van der Waals surface area contributed by atoms with Gasteiger partial charge in [-0.2, -0.15) is 9.61 Å². The number of ether oxygens (including phenoxy) is 1. The highest BCUT2D eigenvalue weighted by Crippen LogP contribution is 2.30. The fraction of sp³-hybridized carbons (Fsp3) is 0.182. The van der Waals surface area contributed by atoms with Crippen LogP contribution in [-0.2, 0) is 9.53 Å². The highest BCUT2D eigenvalue weighted by molar-refractivity contribution is 7.19. The van der Waals surface area contributed by atoms with Crippen molar-refractivity contribution < 1.29 is 14.5 Å². The largest absolute Gasteiger partial charge is 0.378 e. The first kappa shape index (κ1) is 21.7. The summed E-state index contributed by atoms with van der Waals surface area (Å²) in [7, 11) is 0. The number of nitro benzene ring substituents is 1. The van der Waals surface area contributed by atoms with Gasteiger partial charge in [-0.3, -0.25) is 14.9 Å². The number of aromatic nitrogens is 4. The lowest BCUT2D eigenvalue weighted by Crippen LogP contribution is -2.36. The minimum atomic E-state index is -0.403. The Morgan fingerprint density at radius 1 is 1.21 bits per heavy atom. The SMILES string of the molecule is O=C(/C=C/c1ccc(N2CCOCC2)c([N+](=O)[O-])c1)Nc1cccc(-c2nn3cnnc3s2)c1. The normalized spacial score (nSPS) is 14.1. The van der Waals surface area contributed by atoms with E-state index in [-0.39, 0.29) is 11.6 Å². The number of benzene rings is 2. The van der Waals surface area contributed by atoms with Gasteiger partial charge in [0, 0.05) is 36.5 Å². The molecule has 1 amide bonds. The molecule has 34 heavy (non-hydrogen) atoms. The third kappa shape index (κ3) is 4.63. The molecule has 0 unspecified atom stereocenters. The first-order chi connectivity index (χ1) is 16.6. The molecule has 1 N–H and O–H groups in total. The standard InChI is InChI=1S/C22H19N7O4S/c30-20(24-17-3-1-2-16(13-17)21-26-28-14-23-25-22(28)34-21)7-5-15-4-6-18(19(12-15)29(31)32)27-8-10-33-11-9-27/h1-7,12-14H,8-11H2,(H,24,30)/b7-5+. The van der Waals surface area contributed by atoms with Gasteiger partial charge in [0.25, 0.3) is 5.69 Å². The fourth-order valence-electron chi connectivity index (χ4n) is 3.62. The van der Waals surface area contributed by atoms with Gasteiger partial charge in [0.2, 0.25) is 10.9 Å². The van der Waals surface area contributed by atoms with E-state index in [9.17, 15) is 14.9 Å². The Labute approximate surface area is 197 Å². The maximum Gasteiger partial charge on any atom is 0.293 e. The van der Waals surface area contributed by atoms with Crippen LogP contribution in [0.5, 0.6) is 0 Å². The maximum absolute atomic E-state index is 12.5. The van der Waals surface area contributed by atoms with Gasteiger partial charge in [-0.15, -0.1) is 10.2 Å². The molecule has 0 atom stereocenters. The van der Waals surface area contributed by atoms with Crippen molar-refractivity contribution in [1.29, 1.82) is 0 Å². The predicted octanol–water partition coefficient (Wildman–Crippen LogP) is 3.25. The molecule has 2 aromatic carbocycles. The van der Waals surface area contributed by atoms with Gasteiger partial charge in [0.05, 0.1) is 18.1 Å². The third-order valence-electron chi connectivity index (χ3n) is 5.24. The van der Waals surface area contributed by atoms with E-state index in [0.29, 0.717) is 48.2 Å². The van der Waals surface area contributed by atoms with E-state index in [1.807, 2.05) is 23.1 Å². The number of amides is 1. The van der Waals surface area contributed by atoms with Crippen molar-refractivity contribution in [3.05, 3.63) is 70.5 Å². The Hall–Kier alpha value is -4.16. The Morgan fingerprint density at radius 3 is 2.85 bits per heavy atom. The first-order valence-electron chi connectivity index (χ1n) is 10.4.